The summed E-state index contributed by atoms with van der Waals surface area (Å²) < 4.78 is 5.49. The van der Waals surface area contributed by atoms with Crippen molar-refractivity contribution in [3.8, 4) is 10.4 Å². The fraction of sp³-hybridized carbons (Fsp3) is 0.485. The first-order valence-electron chi connectivity index (χ1n) is 14.8. The van der Waals surface area contributed by atoms with Crippen molar-refractivity contribution in [2.75, 3.05) is 49.1 Å². The van der Waals surface area contributed by atoms with E-state index in [0.29, 0.717) is 12.1 Å². The van der Waals surface area contributed by atoms with Crippen LogP contribution in [0.5, 0.6) is 0 Å². The Morgan fingerprint density at radius 3 is 2.43 bits per heavy atom. The van der Waals surface area contributed by atoms with Gasteiger partial charge in [0.25, 0.3) is 0 Å². The first kappa shape index (κ1) is 31.5. The summed E-state index contributed by atoms with van der Waals surface area (Å²) in [4.78, 5) is 36.5. The third-order valence-corrected chi connectivity index (χ3v) is 8.47. The van der Waals surface area contributed by atoms with E-state index in [-0.39, 0.29) is 6.04 Å². The second kappa shape index (κ2) is 14.2. The lowest BCUT2D eigenvalue weighted by atomic mass is 10.0. The molecule has 0 spiro atoms. The van der Waals surface area contributed by atoms with Gasteiger partial charge in [-0.2, -0.15) is 0 Å². The van der Waals surface area contributed by atoms with Crippen molar-refractivity contribution in [1.82, 2.24) is 15.2 Å². The third-order valence-electron chi connectivity index (χ3n) is 7.49. The zero-order valence-electron chi connectivity index (χ0n) is 25.9. The zero-order valence-corrected chi connectivity index (χ0v) is 26.7. The number of alkyl carbamates (subject to hydrolysis) is 1. The molecule has 0 atom stereocenters. The number of aromatic nitrogens is 1. The van der Waals surface area contributed by atoms with E-state index in [9.17, 15) is 9.59 Å². The summed E-state index contributed by atoms with van der Waals surface area (Å²) in [5, 5.41) is 2.96. The number of amides is 1. The molecule has 1 saturated heterocycles. The molecule has 2 heterocycles. The minimum Gasteiger partial charge on any atom is -0.444 e. The molecule has 4 rings (SSSR count). The van der Waals surface area contributed by atoms with E-state index in [2.05, 4.69) is 57.0 Å². The number of rotatable bonds is 11. The summed E-state index contributed by atoms with van der Waals surface area (Å²) in [5.41, 5.74) is 7.61. The van der Waals surface area contributed by atoms with Gasteiger partial charge in [0.05, 0.1) is 16.1 Å². The van der Waals surface area contributed by atoms with E-state index in [1.165, 1.54) is 10.6 Å². The molecule has 8 nitrogen and oxygen atoms in total. The second-order valence-corrected chi connectivity index (χ2v) is 13.0. The molecule has 0 saturated carbocycles. The molecule has 3 aromatic rings. The van der Waals surface area contributed by atoms with Gasteiger partial charge in [-0.05, 0) is 96.0 Å². The Bertz CT molecular complexity index is 1320. The number of carbonyl (C=O) groups is 2. The van der Waals surface area contributed by atoms with Crippen LogP contribution in [0.1, 0.15) is 62.7 Å². The Kier molecular flexibility index (Phi) is 10.6. The number of hydrogen-bond acceptors (Lipinski definition) is 8. The minimum absolute atomic E-state index is 0.286. The molecule has 0 bridgehead atoms. The van der Waals surface area contributed by atoms with Gasteiger partial charge in [-0.1, -0.05) is 12.1 Å². The number of piperazine rings is 1. The monoisotopic (exact) mass is 591 g/mol. The van der Waals surface area contributed by atoms with Crippen LogP contribution >= 0.6 is 11.3 Å². The maximum Gasteiger partial charge on any atom is 0.407 e. The third kappa shape index (κ3) is 8.55. The highest BCUT2D eigenvalue weighted by Gasteiger charge is 2.21. The Morgan fingerprint density at radius 2 is 1.83 bits per heavy atom. The summed E-state index contributed by atoms with van der Waals surface area (Å²) >= 11 is 1.65. The standard InChI is InChI=1S/C33H45N5O3S/c1-24(2)38(15-7-14-36-16-18-37(19-17-36)29-12-8-26(22-39)9-13-29)30-20-27(31-25(3)35-23-42-31)10-11-28(30)21-34-32(40)41-33(4,5)6/h8-13,20,22-24H,7,14-19,21H2,1-6H3,(H,34,40). The number of hydrogen-bond donors (Lipinski definition) is 1. The normalized spacial score (nSPS) is 14.2. The molecule has 226 valence electrons. The zero-order chi connectivity index (χ0) is 30.3. The van der Waals surface area contributed by atoms with Crippen LogP contribution in [0.3, 0.4) is 0 Å². The minimum atomic E-state index is -0.545. The van der Waals surface area contributed by atoms with Crippen molar-refractivity contribution in [2.24, 2.45) is 0 Å². The molecule has 2 aromatic carbocycles. The van der Waals surface area contributed by atoms with Gasteiger partial charge in [0.2, 0.25) is 0 Å². The average molecular weight is 592 g/mol. The Morgan fingerprint density at radius 1 is 1.12 bits per heavy atom. The van der Waals surface area contributed by atoms with E-state index in [1.807, 2.05) is 57.5 Å². The molecule has 42 heavy (non-hydrogen) atoms. The molecule has 0 aliphatic carbocycles. The highest BCUT2D eigenvalue weighted by atomic mass is 32.1. The van der Waals surface area contributed by atoms with E-state index < -0.39 is 11.7 Å². The van der Waals surface area contributed by atoms with E-state index in [4.69, 9.17) is 4.74 Å². The number of ether oxygens (including phenoxy) is 1. The first-order chi connectivity index (χ1) is 20.0. The Hall–Kier alpha value is -3.43. The average Bonchev–Trinajstić information content (AvgIpc) is 3.39. The first-order valence-corrected chi connectivity index (χ1v) is 15.7. The van der Waals surface area contributed by atoms with Crippen LogP contribution in [0.4, 0.5) is 16.2 Å². The molecular weight excluding hydrogens is 546 g/mol. The lowest BCUT2D eigenvalue weighted by Crippen LogP contribution is -2.47. The molecule has 1 fully saturated rings. The van der Waals surface area contributed by atoms with Crippen molar-refractivity contribution in [2.45, 2.75) is 66.2 Å². The molecule has 1 aliphatic rings. The van der Waals surface area contributed by atoms with Gasteiger partial charge in [-0.3, -0.25) is 9.69 Å². The van der Waals surface area contributed by atoms with Crippen molar-refractivity contribution in [3.05, 3.63) is 64.8 Å². The molecule has 9 heteroatoms. The van der Waals surface area contributed by atoms with Crippen LogP contribution in [0.15, 0.2) is 48.0 Å². The van der Waals surface area contributed by atoms with Crippen molar-refractivity contribution < 1.29 is 14.3 Å². The number of nitrogens with one attached hydrogen (secondary N) is 1. The smallest absolute Gasteiger partial charge is 0.407 e. The van der Waals surface area contributed by atoms with Crippen molar-refractivity contribution in [1.29, 1.82) is 0 Å². The van der Waals surface area contributed by atoms with E-state index in [0.717, 1.165) is 74.5 Å². The molecule has 0 unspecified atom stereocenters. The van der Waals surface area contributed by atoms with Gasteiger partial charge in [0.1, 0.15) is 11.9 Å². The van der Waals surface area contributed by atoms with Crippen LogP contribution in [-0.2, 0) is 11.3 Å². The lowest BCUT2D eigenvalue weighted by Gasteiger charge is -2.37. The predicted octanol–water partition coefficient (Wildman–Crippen LogP) is 6.38. The SMILES string of the molecule is Cc1ncsc1-c1ccc(CNC(=O)OC(C)(C)C)c(N(CCCN2CCN(c3ccc(C=O)cc3)CC2)C(C)C)c1. The number of thiazole rings is 1. The summed E-state index contributed by atoms with van der Waals surface area (Å²) in [7, 11) is 0. The number of aldehydes is 1. The number of anilines is 2. The molecule has 1 aromatic heterocycles. The predicted molar refractivity (Wildman–Crippen MR) is 173 cm³/mol. The number of aryl methyl sites for hydroxylation is 1. The van der Waals surface area contributed by atoms with Crippen LogP contribution in [0, 0.1) is 6.92 Å². The van der Waals surface area contributed by atoms with Gasteiger partial charge >= 0.3 is 6.09 Å². The maximum atomic E-state index is 12.5. The van der Waals surface area contributed by atoms with E-state index >= 15 is 0 Å². The lowest BCUT2D eigenvalue weighted by molar-refractivity contribution is 0.0523. The molecule has 1 N–H and O–H groups in total. The largest absolute Gasteiger partial charge is 0.444 e. The number of nitrogens with zero attached hydrogens (tertiary/aromatic N) is 4. The molecule has 1 amide bonds. The van der Waals surface area contributed by atoms with Crippen LogP contribution in [-0.4, -0.2) is 73.2 Å². The van der Waals surface area contributed by atoms with Crippen molar-refractivity contribution >= 4 is 35.1 Å². The highest BCUT2D eigenvalue weighted by molar-refractivity contribution is 7.13. The Labute approximate surface area is 254 Å². The molecular formula is C33H45N5O3S. The van der Waals surface area contributed by atoms with Crippen molar-refractivity contribution in [3.63, 3.8) is 0 Å². The van der Waals surface area contributed by atoms with Gasteiger partial charge in [-0.15, -0.1) is 11.3 Å². The molecule has 1 aliphatic heterocycles. The fourth-order valence-corrected chi connectivity index (χ4v) is 6.10. The van der Waals surface area contributed by atoms with Gasteiger partial charge in [0, 0.05) is 62.2 Å². The highest BCUT2D eigenvalue weighted by Crippen LogP contribution is 2.33. The topological polar surface area (TPSA) is 78.0 Å². The van der Waals surface area contributed by atoms with Crippen LogP contribution in [0.25, 0.3) is 10.4 Å². The van der Waals surface area contributed by atoms with Crippen LogP contribution < -0.4 is 15.1 Å². The van der Waals surface area contributed by atoms with Crippen LogP contribution in [0.2, 0.25) is 0 Å². The molecule has 0 radical (unpaired) electrons. The van der Waals surface area contributed by atoms with E-state index in [1.54, 1.807) is 11.3 Å². The quantitative estimate of drug-likeness (QED) is 0.259. The number of benzene rings is 2. The second-order valence-electron chi connectivity index (χ2n) is 12.1. The fourth-order valence-electron chi connectivity index (χ4n) is 5.30. The van der Waals surface area contributed by atoms with Gasteiger partial charge in [0.15, 0.2) is 0 Å². The maximum absolute atomic E-state index is 12.5. The number of carbonyl (C=O) groups excluding carboxylic acids is 2. The summed E-state index contributed by atoms with van der Waals surface area (Å²) in [6.07, 6.45) is 1.51. The Balaban J connectivity index is 1.42. The van der Waals surface area contributed by atoms with Gasteiger partial charge in [-0.25, -0.2) is 9.78 Å². The summed E-state index contributed by atoms with van der Waals surface area (Å²) in [5.74, 6) is 0. The van der Waals surface area contributed by atoms with Gasteiger partial charge < -0.3 is 19.9 Å². The summed E-state index contributed by atoms with van der Waals surface area (Å²) in [6, 6.07) is 14.6. The summed E-state index contributed by atoms with van der Waals surface area (Å²) in [6.45, 7) is 18.4.